The summed E-state index contributed by atoms with van der Waals surface area (Å²) in [6.45, 7) is 5.58. The van der Waals surface area contributed by atoms with E-state index >= 15 is 0 Å². The molecule has 0 N–H and O–H groups in total. The Balaban J connectivity index is 1.71. The van der Waals surface area contributed by atoms with Gasteiger partial charge < -0.3 is 9.80 Å². The molecule has 0 aromatic heterocycles. The van der Waals surface area contributed by atoms with E-state index in [1.165, 1.54) is 0 Å². The summed E-state index contributed by atoms with van der Waals surface area (Å²) in [7, 11) is 0. The highest BCUT2D eigenvalue weighted by Gasteiger charge is 2.25. The summed E-state index contributed by atoms with van der Waals surface area (Å²) in [5.74, 6) is 0.802. The number of allylic oxidation sites excluding steroid dienone is 3. The number of likely N-dealkylation sites (tertiary alicyclic amines) is 2. The SMILES string of the molecule is CC1CCN(C(=O)C2=CC=C(C(=O)N3CCCC3)CC=C2)C1. The zero-order chi connectivity index (χ0) is 15.5. The Bertz CT molecular complexity index is 553. The lowest BCUT2D eigenvalue weighted by Gasteiger charge is -2.16. The molecule has 0 bridgehead atoms. The van der Waals surface area contributed by atoms with Crippen molar-refractivity contribution in [2.75, 3.05) is 26.2 Å². The molecule has 2 fully saturated rings. The Hall–Kier alpha value is -1.84. The van der Waals surface area contributed by atoms with E-state index in [0.29, 0.717) is 17.9 Å². The van der Waals surface area contributed by atoms with Gasteiger partial charge in [0.25, 0.3) is 5.91 Å². The van der Waals surface area contributed by atoms with Gasteiger partial charge in [-0.2, -0.15) is 0 Å². The van der Waals surface area contributed by atoms with E-state index in [2.05, 4.69) is 6.92 Å². The van der Waals surface area contributed by atoms with E-state index in [4.69, 9.17) is 0 Å². The Kier molecular flexibility index (Phi) is 4.46. The first-order chi connectivity index (χ1) is 10.6. The maximum atomic E-state index is 12.5. The van der Waals surface area contributed by atoms with Crippen molar-refractivity contribution in [1.29, 1.82) is 0 Å². The van der Waals surface area contributed by atoms with Gasteiger partial charge in [0.2, 0.25) is 5.91 Å². The van der Waals surface area contributed by atoms with Crippen molar-refractivity contribution in [3.05, 3.63) is 35.5 Å². The van der Waals surface area contributed by atoms with Crippen molar-refractivity contribution in [1.82, 2.24) is 9.80 Å². The molecule has 4 heteroatoms. The molecular formula is C18H24N2O2. The van der Waals surface area contributed by atoms with Crippen LogP contribution in [0.5, 0.6) is 0 Å². The third kappa shape index (κ3) is 3.16. The van der Waals surface area contributed by atoms with Crippen molar-refractivity contribution in [2.24, 2.45) is 5.92 Å². The maximum absolute atomic E-state index is 12.5. The summed E-state index contributed by atoms with van der Waals surface area (Å²) in [5.41, 5.74) is 1.48. The van der Waals surface area contributed by atoms with Crippen LogP contribution in [0.4, 0.5) is 0 Å². The Morgan fingerprint density at radius 2 is 1.82 bits per heavy atom. The Morgan fingerprint density at radius 1 is 1.05 bits per heavy atom. The van der Waals surface area contributed by atoms with E-state index in [1.54, 1.807) is 0 Å². The molecular weight excluding hydrogens is 276 g/mol. The van der Waals surface area contributed by atoms with Crippen molar-refractivity contribution >= 4 is 11.8 Å². The monoisotopic (exact) mass is 300 g/mol. The molecule has 1 unspecified atom stereocenters. The minimum Gasteiger partial charge on any atom is -0.339 e. The predicted octanol–water partition coefficient (Wildman–Crippen LogP) is 2.29. The lowest BCUT2D eigenvalue weighted by Crippen LogP contribution is -2.29. The second-order valence-corrected chi connectivity index (χ2v) is 6.56. The van der Waals surface area contributed by atoms with Crippen LogP contribution in [0, 0.1) is 5.92 Å². The number of rotatable bonds is 2. The molecule has 2 saturated heterocycles. The van der Waals surface area contributed by atoms with Crippen molar-refractivity contribution in [3.63, 3.8) is 0 Å². The molecule has 3 rings (SSSR count). The fourth-order valence-electron chi connectivity index (χ4n) is 3.35. The minimum absolute atomic E-state index is 0.0896. The first-order valence-electron chi connectivity index (χ1n) is 8.31. The molecule has 0 spiro atoms. The van der Waals surface area contributed by atoms with Crippen LogP contribution in [0.2, 0.25) is 0 Å². The van der Waals surface area contributed by atoms with Crippen LogP contribution in [-0.2, 0) is 9.59 Å². The first kappa shape index (κ1) is 15.1. The lowest BCUT2D eigenvalue weighted by atomic mass is 10.1. The van der Waals surface area contributed by atoms with Gasteiger partial charge in [0, 0.05) is 37.3 Å². The van der Waals surface area contributed by atoms with Gasteiger partial charge in [0.15, 0.2) is 0 Å². The lowest BCUT2D eigenvalue weighted by molar-refractivity contribution is -0.126. The average molecular weight is 300 g/mol. The third-order valence-corrected chi connectivity index (χ3v) is 4.73. The molecule has 4 nitrogen and oxygen atoms in total. The quantitative estimate of drug-likeness (QED) is 0.785. The van der Waals surface area contributed by atoms with Gasteiger partial charge in [0.05, 0.1) is 0 Å². The highest BCUT2D eigenvalue weighted by atomic mass is 16.2. The van der Waals surface area contributed by atoms with E-state index in [9.17, 15) is 9.59 Å². The summed E-state index contributed by atoms with van der Waals surface area (Å²) in [4.78, 5) is 28.8. The summed E-state index contributed by atoms with van der Waals surface area (Å²) < 4.78 is 0. The molecule has 22 heavy (non-hydrogen) atoms. The molecule has 2 heterocycles. The van der Waals surface area contributed by atoms with E-state index < -0.39 is 0 Å². The van der Waals surface area contributed by atoms with Gasteiger partial charge in [-0.3, -0.25) is 9.59 Å². The van der Waals surface area contributed by atoms with Crippen LogP contribution in [0.15, 0.2) is 35.5 Å². The summed E-state index contributed by atoms with van der Waals surface area (Å²) in [6.07, 6.45) is 11.4. The van der Waals surface area contributed by atoms with Crippen molar-refractivity contribution in [2.45, 2.75) is 32.6 Å². The molecule has 0 aromatic rings. The number of amides is 2. The molecule has 0 radical (unpaired) electrons. The molecule has 0 aromatic carbocycles. The van der Waals surface area contributed by atoms with E-state index in [0.717, 1.165) is 51.0 Å². The smallest absolute Gasteiger partial charge is 0.253 e. The number of carbonyl (C=O) groups excluding carboxylic acids is 2. The van der Waals surface area contributed by atoms with Crippen LogP contribution in [-0.4, -0.2) is 47.8 Å². The van der Waals surface area contributed by atoms with Crippen LogP contribution in [0.1, 0.15) is 32.6 Å². The number of nitrogens with zero attached hydrogens (tertiary/aromatic N) is 2. The third-order valence-electron chi connectivity index (χ3n) is 4.73. The summed E-state index contributed by atoms with van der Waals surface area (Å²) in [5, 5.41) is 0. The normalized spacial score (nSPS) is 25.0. The fourth-order valence-corrected chi connectivity index (χ4v) is 3.35. The first-order valence-corrected chi connectivity index (χ1v) is 8.31. The van der Waals surface area contributed by atoms with Gasteiger partial charge >= 0.3 is 0 Å². The van der Waals surface area contributed by atoms with Gasteiger partial charge in [-0.05, 0) is 37.7 Å². The minimum atomic E-state index is 0.0896. The zero-order valence-electron chi connectivity index (χ0n) is 13.3. The van der Waals surface area contributed by atoms with Crippen molar-refractivity contribution < 1.29 is 9.59 Å². The highest BCUT2D eigenvalue weighted by Crippen LogP contribution is 2.21. The van der Waals surface area contributed by atoms with Crippen LogP contribution in [0.25, 0.3) is 0 Å². The fraction of sp³-hybridized carbons (Fsp3) is 0.556. The second-order valence-electron chi connectivity index (χ2n) is 6.56. The van der Waals surface area contributed by atoms with Crippen LogP contribution in [0.3, 0.4) is 0 Å². The molecule has 2 amide bonds. The summed E-state index contributed by atoms with van der Waals surface area (Å²) in [6, 6.07) is 0. The van der Waals surface area contributed by atoms with Crippen molar-refractivity contribution in [3.8, 4) is 0 Å². The summed E-state index contributed by atoms with van der Waals surface area (Å²) >= 11 is 0. The van der Waals surface area contributed by atoms with Crippen LogP contribution >= 0.6 is 0 Å². The molecule has 1 aliphatic carbocycles. The predicted molar refractivity (Wildman–Crippen MR) is 86.1 cm³/mol. The standard InChI is InChI=1S/C18H24N2O2/c1-14-9-12-20(13-14)18(22)16-6-4-5-15(7-8-16)17(21)19-10-2-3-11-19/h4,6-8,14H,2-3,5,9-13H2,1H3. The average Bonchev–Trinajstić information content (AvgIpc) is 3.13. The maximum Gasteiger partial charge on any atom is 0.253 e. The van der Waals surface area contributed by atoms with Gasteiger partial charge in [-0.25, -0.2) is 0 Å². The number of hydrogen-bond acceptors (Lipinski definition) is 2. The van der Waals surface area contributed by atoms with Crippen LogP contribution < -0.4 is 0 Å². The Labute approximate surface area is 132 Å². The molecule has 1 atom stereocenters. The van der Waals surface area contributed by atoms with Gasteiger partial charge in [-0.1, -0.05) is 25.2 Å². The van der Waals surface area contributed by atoms with E-state index in [1.807, 2.05) is 34.1 Å². The second kappa shape index (κ2) is 6.51. The van der Waals surface area contributed by atoms with E-state index in [-0.39, 0.29) is 11.8 Å². The zero-order valence-corrected chi connectivity index (χ0v) is 13.3. The topological polar surface area (TPSA) is 40.6 Å². The molecule has 2 aliphatic heterocycles. The molecule has 3 aliphatic rings. The molecule has 0 saturated carbocycles. The number of hydrogen-bond donors (Lipinski definition) is 0. The highest BCUT2D eigenvalue weighted by molar-refractivity contribution is 5.98. The molecule has 118 valence electrons. The largest absolute Gasteiger partial charge is 0.339 e. The van der Waals surface area contributed by atoms with Gasteiger partial charge in [-0.15, -0.1) is 0 Å². The Morgan fingerprint density at radius 3 is 2.50 bits per heavy atom. The van der Waals surface area contributed by atoms with Gasteiger partial charge in [0.1, 0.15) is 0 Å². The number of carbonyl (C=O) groups is 2.